The maximum Gasteiger partial charge on any atom is 0.264 e. The highest BCUT2D eigenvalue weighted by Crippen LogP contribution is 2.28. The number of carbonyl (C=O) groups is 1. The highest BCUT2D eigenvalue weighted by Gasteiger charge is 2.28. The third-order valence-electron chi connectivity index (χ3n) is 5.26. The molecule has 0 aromatic heterocycles. The van der Waals surface area contributed by atoms with Gasteiger partial charge in [-0.3, -0.25) is 9.10 Å². The Morgan fingerprint density at radius 3 is 2.12 bits per heavy atom. The van der Waals surface area contributed by atoms with Crippen LogP contribution in [0.25, 0.3) is 0 Å². The summed E-state index contributed by atoms with van der Waals surface area (Å²) in [5.74, 6) is -0.824. The Bertz CT molecular complexity index is 1210. The number of nitrogens with zero attached hydrogens (tertiary/aromatic N) is 1. The SMILES string of the molecule is Cc1ccc(S(=O)(=O)N(CC(=O)N[C@H](C)c2ccc(F)cc2)c2ccc(C)cc2C)cc1. The van der Waals surface area contributed by atoms with Crippen molar-refractivity contribution < 1.29 is 17.6 Å². The normalized spacial score (nSPS) is 12.3. The molecule has 0 radical (unpaired) electrons. The van der Waals surface area contributed by atoms with Crippen LogP contribution in [0, 0.1) is 26.6 Å². The molecule has 5 nitrogen and oxygen atoms in total. The number of anilines is 1. The molecule has 168 valence electrons. The van der Waals surface area contributed by atoms with Crippen molar-refractivity contribution in [1.82, 2.24) is 5.32 Å². The van der Waals surface area contributed by atoms with Crippen molar-refractivity contribution in [2.75, 3.05) is 10.8 Å². The van der Waals surface area contributed by atoms with Crippen molar-refractivity contribution in [3.8, 4) is 0 Å². The molecule has 32 heavy (non-hydrogen) atoms. The Balaban J connectivity index is 1.92. The van der Waals surface area contributed by atoms with Crippen molar-refractivity contribution in [1.29, 1.82) is 0 Å². The number of sulfonamides is 1. The molecule has 3 rings (SSSR count). The molecule has 0 fully saturated rings. The van der Waals surface area contributed by atoms with Gasteiger partial charge >= 0.3 is 0 Å². The van der Waals surface area contributed by atoms with E-state index in [9.17, 15) is 17.6 Å². The molecule has 0 saturated heterocycles. The number of halogens is 1. The molecule has 1 N–H and O–H groups in total. The Labute approximate surface area is 188 Å². The molecular weight excluding hydrogens is 427 g/mol. The van der Waals surface area contributed by atoms with Gasteiger partial charge in [-0.05, 0) is 69.2 Å². The minimum atomic E-state index is -3.98. The van der Waals surface area contributed by atoms with Crippen LogP contribution in [0.4, 0.5) is 10.1 Å². The van der Waals surface area contributed by atoms with E-state index in [1.165, 1.54) is 12.1 Å². The van der Waals surface area contributed by atoms with E-state index in [1.807, 2.05) is 32.9 Å². The van der Waals surface area contributed by atoms with E-state index >= 15 is 0 Å². The molecule has 3 aromatic carbocycles. The summed E-state index contributed by atoms with van der Waals surface area (Å²) >= 11 is 0. The lowest BCUT2D eigenvalue weighted by molar-refractivity contribution is -0.120. The molecule has 0 aliphatic heterocycles. The second-order valence-corrected chi connectivity index (χ2v) is 9.82. The zero-order chi connectivity index (χ0) is 23.5. The maximum absolute atomic E-state index is 13.5. The summed E-state index contributed by atoms with van der Waals surface area (Å²) in [7, 11) is -3.98. The summed E-state index contributed by atoms with van der Waals surface area (Å²) in [6.45, 7) is 7.00. The van der Waals surface area contributed by atoms with E-state index in [0.717, 1.165) is 26.6 Å². The van der Waals surface area contributed by atoms with Crippen molar-refractivity contribution in [2.45, 2.75) is 38.6 Å². The van der Waals surface area contributed by atoms with Crippen molar-refractivity contribution in [3.63, 3.8) is 0 Å². The topological polar surface area (TPSA) is 66.5 Å². The Morgan fingerprint density at radius 1 is 0.938 bits per heavy atom. The minimum Gasteiger partial charge on any atom is -0.348 e. The minimum absolute atomic E-state index is 0.113. The van der Waals surface area contributed by atoms with Crippen LogP contribution in [-0.4, -0.2) is 20.9 Å². The lowest BCUT2D eigenvalue weighted by Gasteiger charge is -2.26. The summed E-state index contributed by atoms with van der Waals surface area (Å²) in [4.78, 5) is 13.0. The van der Waals surface area contributed by atoms with Crippen LogP contribution in [0.15, 0.2) is 71.6 Å². The highest BCUT2D eigenvalue weighted by atomic mass is 32.2. The van der Waals surface area contributed by atoms with Gasteiger partial charge in [-0.15, -0.1) is 0 Å². The predicted molar refractivity (Wildman–Crippen MR) is 125 cm³/mol. The van der Waals surface area contributed by atoms with Crippen LogP contribution in [0.3, 0.4) is 0 Å². The van der Waals surface area contributed by atoms with Crippen molar-refractivity contribution in [3.05, 3.63) is 94.8 Å². The van der Waals surface area contributed by atoms with E-state index < -0.39 is 22.0 Å². The summed E-state index contributed by atoms with van der Waals surface area (Å²) in [6, 6.07) is 17.4. The molecule has 0 saturated carbocycles. The highest BCUT2D eigenvalue weighted by molar-refractivity contribution is 7.92. The van der Waals surface area contributed by atoms with Crippen molar-refractivity contribution in [2.24, 2.45) is 0 Å². The van der Waals surface area contributed by atoms with Gasteiger partial charge in [-0.2, -0.15) is 0 Å². The molecule has 1 atom stereocenters. The zero-order valence-electron chi connectivity index (χ0n) is 18.6. The fourth-order valence-corrected chi connectivity index (χ4v) is 4.96. The Hall–Kier alpha value is -3.19. The molecule has 0 aliphatic carbocycles. The average molecular weight is 455 g/mol. The maximum atomic E-state index is 13.5. The number of amides is 1. The summed E-state index contributed by atoms with van der Waals surface area (Å²) in [6.07, 6.45) is 0. The monoisotopic (exact) mass is 454 g/mol. The van der Waals surface area contributed by atoms with E-state index in [0.29, 0.717) is 5.69 Å². The van der Waals surface area contributed by atoms with Gasteiger partial charge in [0.25, 0.3) is 10.0 Å². The molecule has 0 spiro atoms. The molecular formula is C25H27FN2O3S. The molecule has 0 heterocycles. The number of benzene rings is 3. The van der Waals surface area contributed by atoms with Gasteiger partial charge in [0.1, 0.15) is 12.4 Å². The van der Waals surface area contributed by atoms with Crippen LogP contribution in [0.5, 0.6) is 0 Å². The quantitative estimate of drug-likeness (QED) is 0.556. The lowest BCUT2D eigenvalue weighted by atomic mass is 10.1. The van der Waals surface area contributed by atoms with Gasteiger partial charge in [0.2, 0.25) is 5.91 Å². The first-order chi connectivity index (χ1) is 15.1. The summed E-state index contributed by atoms with van der Waals surface area (Å²) in [5.41, 5.74) is 3.85. The number of nitrogens with one attached hydrogen (secondary N) is 1. The molecule has 0 bridgehead atoms. The molecule has 0 aliphatic rings. The number of aryl methyl sites for hydroxylation is 3. The van der Waals surface area contributed by atoms with Crippen LogP contribution in [0.1, 0.15) is 35.2 Å². The van der Waals surface area contributed by atoms with Crippen LogP contribution in [0.2, 0.25) is 0 Å². The molecule has 1 amide bonds. The predicted octanol–water partition coefficient (Wildman–Crippen LogP) is 4.82. The van der Waals surface area contributed by atoms with Crippen LogP contribution in [-0.2, 0) is 14.8 Å². The largest absolute Gasteiger partial charge is 0.348 e. The van der Waals surface area contributed by atoms with Gasteiger partial charge in [0, 0.05) is 0 Å². The molecule has 7 heteroatoms. The molecule has 0 unspecified atom stereocenters. The van der Waals surface area contributed by atoms with Crippen LogP contribution >= 0.6 is 0 Å². The van der Waals surface area contributed by atoms with Gasteiger partial charge in [-0.1, -0.05) is 47.5 Å². The smallest absolute Gasteiger partial charge is 0.264 e. The first-order valence-corrected chi connectivity index (χ1v) is 11.7. The summed E-state index contributed by atoms with van der Waals surface area (Å²) in [5, 5.41) is 2.81. The first-order valence-electron chi connectivity index (χ1n) is 10.3. The third kappa shape index (κ3) is 5.34. The van der Waals surface area contributed by atoms with Gasteiger partial charge in [0.05, 0.1) is 16.6 Å². The zero-order valence-corrected chi connectivity index (χ0v) is 19.4. The van der Waals surface area contributed by atoms with E-state index in [4.69, 9.17) is 0 Å². The number of hydrogen-bond donors (Lipinski definition) is 1. The van der Waals surface area contributed by atoms with Crippen molar-refractivity contribution >= 4 is 21.6 Å². The fourth-order valence-electron chi connectivity index (χ4n) is 3.47. The van der Waals surface area contributed by atoms with E-state index in [2.05, 4.69) is 5.32 Å². The molecule has 3 aromatic rings. The second kappa shape index (κ2) is 9.53. The van der Waals surface area contributed by atoms with E-state index in [-0.39, 0.29) is 17.3 Å². The fraction of sp³-hybridized carbons (Fsp3) is 0.240. The number of hydrogen-bond acceptors (Lipinski definition) is 3. The number of rotatable bonds is 7. The lowest BCUT2D eigenvalue weighted by Crippen LogP contribution is -2.42. The van der Waals surface area contributed by atoms with Gasteiger partial charge in [0.15, 0.2) is 0 Å². The third-order valence-corrected chi connectivity index (χ3v) is 7.04. The number of carbonyl (C=O) groups excluding carboxylic acids is 1. The average Bonchev–Trinajstić information content (AvgIpc) is 2.73. The standard InChI is InChI=1S/C25H27FN2O3S/c1-17-5-12-23(13-6-17)32(30,31)28(24-14-7-18(2)15-19(24)3)16-25(29)27-20(4)21-8-10-22(26)11-9-21/h5-15,20H,16H2,1-4H3,(H,27,29)/t20-/m1/s1. The Morgan fingerprint density at radius 2 is 1.53 bits per heavy atom. The Kier molecular flexibility index (Phi) is 6.99. The first kappa shape index (κ1) is 23.5. The van der Waals surface area contributed by atoms with Gasteiger partial charge < -0.3 is 5.32 Å². The van der Waals surface area contributed by atoms with E-state index in [1.54, 1.807) is 49.4 Å². The summed E-state index contributed by atoms with van der Waals surface area (Å²) < 4.78 is 41.4. The van der Waals surface area contributed by atoms with Crippen LogP contribution < -0.4 is 9.62 Å². The second-order valence-electron chi connectivity index (χ2n) is 7.96. The van der Waals surface area contributed by atoms with Gasteiger partial charge in [-0.25, -0.2) is 12.8 Å².